The van der Waals surface area contributed by atoms with Crippen LogP contribution in [0.15, 0.2) is 23.4 Å². The lowest BCUT2D eigenvalue weighted by Crippen LogP contribution is -2.06. The largest absolute Gasteiger partial charge is 0.481 e. The van der Waals surface area contributed by atoms with E-state index in [0.29, 0.717) is 23.1 Å². The number of benzene rings is 1. The molecule has 0 unspecified atom stereocenters. The van der Waals surface area contributed by atoms with Crippen LogP contribution in [-0.4, -0.2) is 31.6 Å². The van der Waals surface area contributed by atoms with Gasteiger partial charge in [0, 0.05) is 6.42 Å². The van der Waals surface area contributed by atoms with Crippen LogP contribution in [0.3, 0.4) is 0 Å². The minimum atomic E-state index is -0.932. The van der Waals surface area contributed by atoms with Gasteiger partial charge >= 0.3 is 5.97 Å². The van der Waals surface area contributed by atoms with Crippen LogP contribution in [0.4, 0.5) is 4.39 Å². The van der Waals surface area contributed by atoms with E-state index in [1.54, 1.807) is 10.6 Å². The molecule has 20 heavy (non-hydrogen) atoms. The molecule has 2 aromatic rings. The lowest BCUT2D eigenvalue weighted by Gasteiger charge is -2.11. The van der Waals surface area contributed by atoms with Crippen LogP contribution >= 0.6 is 11.8 Å². The maximum absolute atomic E-state index is 13.5. The molecular weight excluding hydrogens is 281 g/mol. The van der Waals surface area contributed by atoms with Crippen LogP contribution in [0, 0.1) is 12.7 Å². The van der Waals surface area contributed by atoms with Crippen molar-refractivity contribution in [3.63, 3.8) is 0 Å². The topological polar surface area (TPSA) is 68.0 Å². The first-order chi connectivity index (χ1) is 9.52. The minimum absolute atomic E-state index is 0.115. The van der Waals surface area contributed by atoms with Crippen LogP contribution in [-0.2, 0) is 11.2 Å². The van der Waals surface area contributed by atoms with Crippen LogP contribution < -0.4 is 0 Å². The van der Waals surface area contributed by atoms with Gasteiger partial charge in [0.25, 0.3) is 0 Å². The molecule has 0 saturated heterocycles. The van der Waals surface area contributed by atoms with Gasteiger partial charge in [-0.2, -0.15) is 0 Å². The summed E-state index contributed by atoms with van der Waals surface area (Å²) >= 11 is 1.07. The molecular formula is C13H14FN3O2S. The number of aryl methyl sites for hydroxylation is 2. The summed E-state index contributed by atoms with van der Waals surface area (Å²) in [5.41, 5.74) is 1.51. The molecule has 1 aromatic heterocycles. The Morgan fingerprint density at radius 3 is 2.85 bits per heavy atom. The van der Waals surface area contributed by atoms with E-state index in [9.17, 15) is 9.18 Å². The fourth-order valence-corrected chi connectivity index (χ4v) is 2.50. The average Bonchev–Trinajstić information content (AvgIpc) is 2.82. The molecule has 0 radical (unpaired) electrons. The van der Waals surface area contributed by atoms with Crippen molar-refractivity contribution in [3.05, 3.63) is 35.4 Å². The number of nitrogens with zero attached hydrogens (tertiary/aromatic N) is 3. The van der Waals surface area contributed by atoms with E-state index in [1.165, 1.54) is 12.1 Å². The number of rotatable bonds is 5. The van der Waals surface area contributed by atoms with Gasteiger partial charge in [0.05, 0.1) is 11.4 Å². The maximum Gasteiger partial charge on any atom is 0.313 e. The number of hydrogen-bond acceptors (Lipinski definition) is 4. The lowest BCUT2D eigenvalue weighted by atomic mass is 10.2. The Morgan fingerprint density at radius 2 is 2.20 bits per heavy atom. The molecule has 0 amide bonds. The van der Waals surface area contributed by atoms with Crippen molar-refractivity contribution in [1.82, 2.24) is 14.8 Å². The summed E-state index contributed by atoms with van der Waals surface area (Å²) in [6, 6.07) is 4.47. The number of thioether (sulfide) groups is 1. The summed E-state index contributed by atoms with van der Waals surface area (Å²) < 4.78 is 15.2. The number of aromatic nitrogens is 3. The van der Waals surface area contributed by atoms with E-state index >= 15 is 0 Å². The Balaban J connectivity index is 2.50. The highest BCUT2D eigenvalue weighted by Crippen LogP contribution is 2.25. The summed E-state index contributed by atoms with van der Waals surface area (Å²) in [5, 5.41) is 17.2. The zero-order valence-corrected chi connectivity index (χ0v) is 11.9. The molecule has 106 valence electrons. The van der Waals surface area contributed by atoms with E-state index < -0.39 is 5.97 Å². The predicted octanol–water partition coefficient (Wildman–Crippen LogP) is 2.45. The number of halogens is 1. The Bertz CT molecular complexity index is 643. The summed E-state index contributed by atoms with van der Waals surface area (Å²) in [7, 11) is 0. The van der Waals surface area contributed by atoms with Crippen LogP contribution in [0.5, 0.6) is 0 Å². The Kier molecular flexibility index (Phi) is 4.39. The first kappa shape index (κ1) is 14.5. The molecule has 0 bridgehead atoms. The Labute approximate surface area is 119 Å². The van der Waals surface area contributed by atoms with Crippen molar-refractivity contribution in [3.8, 4) is 5.69 Å². The Morgan fingerprint density at radius 1 is 1.45 bits per heavy atom. The van der Waals surface area contributed by atoms with Crippen LogP contribution in [0.25, 0.3) is 5.69 Å². The molecule has 5 nitrogen and oxygen atoms in total. The summed E-state index contributed by atoms with van der Waals surface area (Å²) in [5.74, 6) is -0.725. The summed E-state index contributed by atoms with van der Waals surface area (Å²) in [6.45, 7) is 3.78. The van der Waals surface area contributed by atoms with Gasteiger partial charge in [0.1, 0.15) is 11.6 Å². The SMILES string of the molecule is CCc1nnc(SCC(=O)O)n1-c1cc(F)ccc1C. The molecule has 0 aliphatic rings. The lowest BCUT2D eigenvalue weighted by molar-refractivity contribution is -0.133. The number of carboxylic acids is 1. The third-order valence-electron chi connectivity index (χ3n) is 2.75. The summed E-state index contributed by atoms with van der Waals surface area (Å²) in [6.07, 6.45) is 0.622. The summed E-state index contributed by atoms with van der Waals surface area (Å²) in [4.78, 5) is 10.7. The molecule has 1 aromatic carbocycles. The fraction of sp³-hybridized carbons (Fsp3) is 0.308. The Hall–Kier alpha value is -1.89. The molecule has 1 heterocycles. The maximum atomic E-state index is 13.5. The quantitative estimate of drug-likeness (QED) is 0.858. The van der Waals surface area contributed by atoms with Gasteiger partial charge < -0.3 is 5.11 Å². The molecule has 7 heteroatoms. The molecule has 2 rings (SSSR count). The van der Waals surface area contributed by atoms with Gasteiger partial charge in [0.15, 0.2) is 5.16 Å². The van der Waals surface area contributed by atoms with Crippen molar-refractivity contribution >= 4 is 17.7 Å². The second-order valence-corrected chi connectivity index (χ2v) is 5.14. The number of aliphatic carboxylic acids is 1. The van der Waals surface area contributed by atoms with Crippen molar-refractivity contribution in [2.45, 2.75) is 25.4 Å². The van der Waals surface area contributed by atoms with Gasteiger partial charge in [-0.3, -0.25) is 9.36 Å². The predicted molar refractivity (Wildman–Crippen MR) is 73.8 cm³/mol. The number of hydrogen-bond donors (Lipinski definition) is 1. The van der Waals surface area contributed by atoms with Gasteiger partial charge in [0.2, 0.25) is 0 Å². The second-order valence-electron chi connectivity index (χ2n) is 4.20. The van der Waals surface area contributed by atoms with E-state index in [-0.39, 0.29) is 11.6 Å². The molecule has 0 aliphatic heterocycles. The highest BCUT2D eigenvalue weighted by Gasteiger charge is 2.16. The van der Waals surface area contributed by atoms with Crippen molar-refractivity contribution in [2.75, 3.05) is 5.75 Å². The van der Waals surface area contributed by atoms with Crippen molar-refractivity contribution in [2.24, 2.45) is 0 Å². The van der Waals surface area contributed by atoms with Gasteiger partial charge in [-0.05, 0) is 24.6 Å². The third-order valence-corrected chi connectivity index (χ3v) is 3.67. The molecule has 1 N–H and O–H groups in total. The smallest absolute Gasteiger partial charge is 0.313 e. The monoisotopic (exact) mass is 295 g/mol. The highest BCUT2D eigenvalue weighted by atomic mass is 32.2. The number of carbonyl (C=O) groups is 1. The van der Waals surface area contributed by atoms with E-state index in [0.717, 1.165) is 17.3 Å². The van der Waals surface area contributed by atoms with Gasteiger partial charge in [-0.1, -0.05) is 24.8 Å². The van der Waals surface area contributed by atoms with Crippen molar-refractivity contribution in [1.29, 1.82) is 0 Å². The molecule has 0 atom stereocenters. The first-order valence-corrected chi connectivity index (χ1v) is 7.07. The van der Waals surface area contributed by atoms with Crippen molar-refractivity contribution < 1.29 is 14.3 Å². The van der Waals surface area contributed by atoms with E-state index in [2.05, 4.69) is 10.2 Å². The van der Waals surface area contributed by atoms with E-state index in [4.69, 9.17) is 5.11 Å². The molecule has 0 aliphatic carbocycles. The minimum Gasteiger partial charge on any atom is -0.481 e. The zero-order chi connectivity index (χ0) is 14.7. The van der Waals surface area contributed by atoms with Gasteiger partial charge in [-0.25, -0.2) is 4.39 Å². The van der Waals surface area contributed by atoms with Gasteiger partial charge in [-0.15, -0.1) is 10.2 Å². The second kappa shape index (κ2) is 6.04. The molecule has 0 spiro atoms. The molecule has 0 fully saturated rings. The number of carboxylic acid groups (broad SMARTS) is 1. The molecule has 0 saturated carbocycles. The first-order valence-electron chi connectivity index (χ1n) is 6.08. The van der Waals surface area contributed by atoms with Crippen LogP contribution in [0.1, 0.15) is 18.3 Å². The zero-order valence-electron chi connectivity index (χ0n) is 11.1. The highest BCUT2D eigenvalue weighted by molar-refractivity contribution is 7.99. The standard InChI is InChI=1S/C13H14FN3O2S/c1-3-11-15-16-13(20-7-12(18)19)17(11)10-6-9(14)5-4-8(10)2/h4-6H,3,7H2,1-2H3,(H,18,19). The van der Waals surface area contributed by atoms with E-state index in [1.807, 2.05) is 13.8 Å². The van der Waals surface area contributed by atoms with Crippen LogP contribution in [0.2, 0.25) is 0 Å². The third kappa shape index (κ3) is 2.98. The fourth-order valence-electron chi connectivity index (χ4n) is 1.81. The normalized spacial score (nSPS) is 10.8. The average molecular weight is 295 g/mol.